The zero-order valence-electron chi connectivity index (χ0n) is 12.1. The molecule has 0 bridgehead atoms. The number of rotatable bonds is 4. The Morgan fingerprint density at radius 2 is 2.15 bits per heavy atom. The van der Waals surface area contributed by atoms with Gasteiger partial charge in [0.15, 0.2) is 0 Å². The molecular weight excluding hydrogens is 258 g/mol. The molecule has 2 saturated heterocycles. The lowest BCUT2D eigenvalue weighted by molar-refractivity contribution is -0.145. The second-order valence-corrected chi connectivity index (χ2v) is 5.72. The first-order chi connectivity index (χ1) is 9.61. The van der Waals surface area contributed by atoms with E-state index in [4.69, 9.17) is 10.5 Å². The maximum atomic E-state index is 12.4. The molecule has 2 heterocycles. The average molecular weight is 283 g/mol. The molecule has 0 aromatic heterocycles. The lowest BCUT2D eigenvalue weighted by atomic mass is 9.96. The van der Waals surface area contributed by atoms with E-state index in [0.29, 0.717) is 19.6 Å². The maximum Gasteiger partial charge on any atom is 0.251 e. The van der Waals surface area contributed by atoms with Crippen molar-refractivity contribution < 1.29 is 14.3 Å². The summed E-state index contributed by atoms with van der Waals surface area (Å²) < 4.78 is 5.63. The van der Waals surface area contributed by atoms with E-state index < -0.39 is 0 Å². The number of nitrogens with one attached hydrogen (secondary N) is 1. The summed E-state index contributed by atoms with van der Waals surface area (Å²) in [6.07, 6.45) is 3.29. The molecule has 0 radical (unpaired) electrons. The average Bonchev–Trinajstić information content (AvgIpc) is 2.90. The van der Waals surface area contributed by atoms with E-state index in [1.54, 1.807) is 4.90 Å². The van der Waals surface area contributed by atoms with Crippen molar-refractivity contribution in [3.05, 3.63) is 0 Å². The van der Waals surface area contributed by atoms with Gasteiger partial charge in [-0.15, -0.1) is 0 Å². The molecule has 2 amide bonds. The van der Waals surface area contributed by atoms with Crippen LogP contribution >= 0.6 is 0 Å². The summed E-state index contributed by atoms with van der Waals surface area (Å²) in [5.41, 5.74) is 5.38. The first-order valence-electron chi connectivity index (χ1n) is 7.54. The highest BCUT2D eigenvalue weighted by atomic mass is 16.5. The minimum absolute atomic E-state index is 0.00802. The molecule has 2 aliphatic rings. The normalized spacial score (nSPS) is 30.3. The number of amides is 2. The standard InChI is InChI=1S/C14H25N3O3/c1-10-4-5-12(20-10)14(19)17-8-2-3-11(9-17)13(18)16-7-6-15/h10-12H,2-9,15H2,1H3,(H,16,18). The Hall–Kier alpha value is -1.14. The molecule has 2 fully saturated rings. The number of carbonyl (C=O) groups excluding carboxylic acids is 2. The number of nitrogens with two attached hydrogens (primary N) is 1. The van der Waals surface area contributed by atoms with E-state index in [9.17, 15) is 9.59 Å². The summed E-state index contributed by atoms with van der Waals surface area (Å²) >= 11 is 0. The number of piperidine rings is 1. The van der Waals surface area contributed by atoms with Crippen LogP contribution in [0.4, 0.5) is 0 Å². The van der Waals surface area contributed by atoms with Crippen LogP contribution in [0.1, 0.15) is 32.6 Å². The van der Waals surface area contributed by atoms with E-state index in [-0.39, 0.29) is 29.9 Å². The van der Waals surface area contributed by atoms with Crippen molar-refractivity contribution in [1.29, 1.82) is 0 Å². The zero-order chi connectivity index (χ0) is 14.5. The van der Waals surface area contributed by atoms with Crippen LogP contribution in [0.5, 0.6) is 0 Å². The molecule has 0 aliphatic carbocycles. The highest BCUT2D eigenvalue weighted by Gasteiger charge is 2.35. The third-order valence-electron chi connectivity index (χ3n) is 4.05. The Morgan fingerprint density at radius 1 is 1.35 bits per heavy atom. The van der Waals surface area contributed by atoms with Gasteiger partial charge in [0, 0.05) is 26.2 Å². The SMILES string of the molecule is CC1CCC(C(=O)N2CCCC(C(=O)NCCN)C2)O1. The summed E-state index contributed by atoms with van der Waals surface area (Å²) in [6.45, 7) is 4.16. The van der Waals surface area contributed by atoms with Gasteiger partial charge in [0.05, 0.1) is 12.0 Å². The predicted molar refractivity (Wildman–Crippen MR) is 74.9 cm³/mol. The minimum atomic E-state index is -0.309. The largest absolute Gasteiger partial charge is 0.365 e. The molecular formula is C14H25N3O3. The number of nitrogens with zero attached hydrogens (tertiary/aromatic N) is 1. The Labute approximate surface area is 120 Å². The fraction of sp³-hybridized carbons (Fsp3) is 0.857. The molecule has 2 rings (SSSR count). The van der Waals surface area contributed by atoms with Crippen molar-refractivity contribution in [3.8, 4) is 0 Å². The van der Waals surface area contributed by atoms with Crippen LogP contribution in [0.25, 0.3) is 0 Å². The fourth-order valence-corrected chi connectivity index (χ4v) is 2.92. The minimum Gasteiger partial charge on any atom is -0.365 e. The van der Waals surface area contributed by atoms with E-state index in [0.717, 1.165) is 32.2 Å². The molecule has 6 heteroatoms. The molecule has 3 N–H and O–H groups in total. The van der Waals surface area contributed by atoms with Gasteiger partial charge in [-0.25, -0.2) is 0 Å². The number of carbonyl (C=O) groups is 2. The Kier molecular flexibility index (Phi) is 5.37. The van der Waals surface area contributed by atoms with Crippen molar-refractivity contribution in [2.45, 2.75) is 44.8 Å². The highest BCUT2D eigenvalue weighted by Crippen LogP contribution is 2.24. The molecule has 2 aliphatic heterocycles. The number of ether oxygens (including phenoxy) is 1. The third-order valence-corrected chi connectivity index (χ3v) is 4.05. The second-order valence-electron chi connectivity index (χ2n) is 5.72. The van der Waals surface area contributed by atoms with Gasteiger partial charge in [-0.3, -0.25) is 9.59 Å². The molecule has 0 aromatic rings. The van der Waals surface area contributed by atoms with Gasteiger partial charge in [-0.2, -0.15) is 0 Å². The third kappa shape index (κ3) is 3.70. The topological polar surface area (TPSA) is 84.7 Å². The molecule has 3 atom stereocenters. The van der Waals surface area contributed by atoms with Crippen molar-refractivity contribution in [2.75, 3.05) is 26.2 Å². The van der Waals surface area contributed by atoms with Gasteiger partial charge in [0.2, 0.25) is 5.91 Å². The summed E-state index contributed by atoms with van der Waals surface area (Å²) in [5.74, 6) is -0.0580. The lowest BCUT2D eigenvalue weighted by Gasteiger charge is -2.33. The van der Waals surface area contributed by atoms with Crippen molar-refractivity contribution in [1.82, 2.24) is 10.2 Å². The molecule has 0 saturated carbocycles. The molecule has 3 unspecified atom stereocenters. The molecule has 20 heavy (non-hydrogen) atoms. The van der Waals surface area contributed by atoms with E-state index in [1.165, 1.54) is 0 Å². The van der Waals surface area contributed by atoms with Crippen molar-refractivity contribution >= 4 is 11.8 Å². The van der Waals surface area contributed by atoms with Crippen LogP contribution in [0.3, 0.4) is 0 Å². The predicted octanol–water partition coefficient (Wildman–Crippen LogP) is -0.133. The molecule has 114 valence electrons. The Morgan fingerprint density at radius 3 is 2.80 bits per heavy atom. The summed E-state index contributed by atoms with van der Waals surface area (Å²) in [4.78, 5) is 26.1. The monoisotopic (exact) mass is 283 g/mol. The number of likely N-dealkylation sites (tertiary alicyclic amines) is 1. The molecule has 0 spiro atoms. The lowest BCUT2D eigenvalue weighted by Crippen LogP contribution is -2.49. The fourth-order valence-electron chi connectivity index (χ4n) is 2.92. The molecule has 0 aromatic carbocycles. The molecule has 6 nitrogen and oxygen atoms in total. The highest BCUT2D eigenvalue weighted by molar-refractivity contribution is 5.83. The Balaban J connectivity index is 1.86. The van der Waals surface area contributed by atoms with Gasteiger partial charge in [-0.05, 0) is 32.6 Å². The first kappa shape index (κ1) is 15.3. The summed E-state index contributed by atoms with van der Waals surface area (Å²) in [7, 11) is 0. The van der Waals surface area contributed by atoms with E-state index in [1.807, 2.05) is 6.92 Å². The van der Waals surface area contributed by atoms with Crippen LogP contribution in [0.15, 0.2) is 0 Å². The Bertz CT molecular complexity index is 362. The number of hydrogen-bond acceptors (Lipinski definition) is 4. The van der Waals surface area contributed by atoms with Gasteiger partial charge in [0.1, 0.15) is 6.10 Å². The maximum absolute atomic E-state index is 12.4. The van der Waals surface area contributed by atoms with Gasteiger partial charge in [-0.1, -0.05) is 0 Å². The van der Waals surface area contributed by atoms with Gasteiger partial charge in [0.25, 0.3) is 5.91 Å². The number of hydrogen-bond donors (Lipinski definition) is 2. The van der Waals surface area contributed by atoms with Crippen molar-refractivity contribution in [2.24, 2.45) is 11.7 Å². The van der Waals surface area contributed by atoms with Crippen LogP contribution in [0.2, 0.25) is 0 Å². The smallest absolute Gasteiger partial charge is 0.251 e. The second kappa shape index (κ2) is 7.04. The quantitative estimate of drug-likeness (QED) is 0.752. The van der Waals surface area contributed by atoms with Crippen LogP contribution < -0.4 is 11.1 Å². The zero-order valence-corrected chi connectivity index (χ0v) is 12.1. The first-order valence-corrected chi connectivity index (χ1v) is 7.54. The summed E-state index contributed by atoms with van der Waals surface area (Å²) in [5, 5.41) is 2.80. The summed E-state index contributed by atoms with van der Waals surface area (Å²) in [6, 6.07) is 0. The van der Waals surface area contributed by atoms with E-state index >= 15 is 0 Å². The van der Waals surface area contributed by atoms with Gasteiger partial charge < -0.3 is 20.7 Å². The van der Waals surface area contributed by atoms with Crippen LogP contribution in [-0.2, 0) is 14.3 Å². The van der Waals surface area contributed by atoms with Crippen LogP contribution in [-0.4, -0.2) is 55.1 Å². The van der Waals surface area contributed by atoms with Crippen molar-refractivity contribution in [3.63, 3.8) is 0 Å². The van der Waals surface area contributed by atoms with E-state index in [2.05, 4.69) is 5.32 Å². The van der Waals surface area contributed by atoms with Crippen LogP contribution in [0, 0.1) is 5.92 Å². The van der Waals surface area contributed by atoms with Gasteiger partial charge >= 0.3 is 0 Å².